The molecule has 7 nitrogen and oxygen atoms in total. The summed E-state index contributed by atoms with van der Waals surface area (Å²) in [5, 5.41) is 2.92. The van der Waals surface area contributed by atoms with Crippen molar-refractivity contribution >= 4 is 18.0 Å². The minimum Gasteiger partial charge on any atom is -0.468 e. The Hall–Kier alpha value is -2.57. The number of benzene rings is 1. The normalized spacial score (nSPS) is 26.6. The van der Waals surface area contributed by atoms with Crippen LogP contribution in [-0.4, -0.2) is 54.2 Å². The number of alkyl carbamates (subject to hydrolysis) is 1. The number of fused-ring (bicyclic) bond motifs is 1. The Kier molecular flexibility index (Phi) is 5.87. The lowest BCUT2D eigenvalue weighted by atomic mass is 9.77. The number of rotatable bonds is 4. The number of hydrogen-bond acceptors (Lipinski definition) is 5. The summed E-state index contributed by atoms with van der Waals surface area (Å²) in [7, 11) is 1.32. The number of hydrogen-bond donors (Lipinski definition) is 1. The summed E-state index contributed by atoms with van der Waals surface area (Å²) in [6.45, 7) is 5.99. The van der Waals surface area contributed by atoms with Gasteiger partial charge in [-0.2, -0.15) is 0 Å². The van der Waals surface area contributed by atoms with Crippen LogP contribution in [0.15, 0.2) is 30.3 Å². The maximum atomic E-state index is 13.4. The first-order valence-corrected chi connectivity index (χ1v) is 10.1. The van der Waals surface area contributed by atoms with Gasteiger partial charge in [-0.3, -0.25) is 9.59 Å². The molecule has 1 N–H and O–H groups in total. The van der Waals surface area contributed by atoms with Gasteiger partial charge in [-0.25, -0.2) is 4.79 Å². The third-order valence-electron chi connectivity index (χ3n) is 5.63. The first-order valence-electron chi connectivity index (χ1n) is 10.1. The van der Waals surface area contributed by atoms with E-state index in [0.29, 0.717) is 13.0 Å². The largest absolute Gasteiger partial charge is 0.468 e. The standard InChI is InChI=1S/C22H30N2O5/c1-21(2,3)29-20(27)23-16-11-8-12-24-17(16)14-22(18(24)25,19(26)28-4)13-15-9-6-5-7-10-15/h5-7,9-10,16-17H,8,11-14H2,1-4H3,(H,23,27)/t16-,17-,22-/m0/s1. The molecule has 2 amide bonds. The van der Waals surface area contributed by atoms with E-state index in [0.717, 1.165) is 18.4 Å². The number of ether oxygens (including phenoxy) is 2. The van der Waals surface area contributed by atoms with E-state index in [2.05, 4.69) is 5.32 Å². The van der Waals surface area contributed by atoms with Crippen molar-refractivity contribution in [1.82, 2.24) is 10.2 Å². The molecular weight excluding hydrogens is 372 g/mol. The molecule has 0 radical (unpaired) electrons. The molecule has 0 aromatic heterocycles. The molecule has 0 spiro atoms. The number of nitrogens with one attached hydrogen (secondary N) is 1. The number of piperidine rings is 1. The summed E-state index contributed by atoms with van der Waals surface area (Å²) in [5.41, 5.74) is -0.964. The SMILES string of the molecule is COC(=O)[C@@]1(Cc2ccccc2)C[C@H]2[C@@H](NC(=O)OC(C)(C)C)CCCN2C1=O. The van der Waals surface area contributed by atoms with Crippen LogP contribution in [-0.2, 0) is 25.5 Å². The highest BCUT2D eigenvalue weighted by molar-refractivity contribution is 6.05. The van der Waals surface area contributed by atoms with Crippen molar-refractivity contribution < 1.29 is 23.9 Å². The lowest BCUT2D eigenvalue weighted by Gasteiger charge is -2.37. The summed E-state index contributed by atoms with van der Waals surface area (Å²) < 4.78 is 10.5. The van der Waals surface area contributed by atoms with E-state index in [1.807, 2.05) is 30.3 Å². The highest BCUT2D eigenvalue weighted by atomic mass is 16.6. The lowest BCUT2D eigenvalue weighted by molar-refractivity contribution is -0.159. The van der Waals surface area contributed by atoms with Crippen molar-refractivity contribution in [1.29, 1.82) is 0 Å². The Morgan fingerprint density at radius 1 is 1.24 bits per heavy atom. The maximum Gasteiger partial charge on any atom is 0.407 e. The fourth-order valence-corrected chi connectivity index (χ4v) is 4.44. The van der Waals surface area contributed by atoms with Gasteiger partial charge < -0.3 is 19.7 Å². The first kappa shape index (κ1) is 21.1. The predicted molar refractivity (Wildman–Crippen MR) is 107 cm³/mol. The van der Waals surface area contributed by atoms with Crippen LogP contribution in [0.1, 0.15) is 45.6 Å². The minimum atomic E-state index is -1.26. The van der Waals surface area contributed by atoms with Gasteiger partial charge in [0.2, 0.25) is 5.91 Å². The molecule has 2 aliphatic heterocycles. The molecule has 2 heterocycles. The third-order valence-corrected chi connectivity index (χ3v) is 5.63. The fourth-order valence-electron chi connectivity index (χ4n) is 4.44. The smallest absolute Gasteiger partial charge is 0.407 e. The fraction of sp³-hybridized carbons (Fsp3) is 0.591. The highest BCUT2D eigenvalue weighted by Crippen LogP contribution is 2.43. The topological polar surface area (TPSA) is 84.9 Å². The molecule has 0 aliphatic carbocycles. The van der Waals surface area contributed by atoms with E-state index < -0.39 is 23.1 Å². The Bertz CT molecular complexity index is 773. The molecule has 2 fully saturated rings. The summed E-state index contributed by atoms with van der Waals surface area (Å²) in [5.74, 6) is -0.731. The number of esters is 1. The van der Waals surface area contributed by atoms with Gasteiger partial charge in [0.05, 0.1) is 19.2 Å². The zero-order chi connectivity index (χ0) is 21.2. The molecule has 7 heteroatoms. The number of carbonyl (C=O) groups excluding carboxylic acids is 3. The molecule has 2 saturated heterocycles. The van der Waals surface area contributed by atoms with Crippen molar-refractivity contribution in [2.75, 3.05) is 13.7 Å². The van der Waals surface area contributed by atoms with Gasteiger partial charge in [0.15, 0.2) is 5.41 Å². The summed E-state index contributed by atoms with van der Waals surface area (Å²) in [6, 6.07) is 8.98. The van der Waals surface area contributed by atoms with Crippen LogP contribution in [0.3, 0.4) is 0 Å². The second kappa shape index (κ2) is 8.05. The second-order valence-corrected chi connectivity index (χ2v) is 8.90. The maximum absolute atomic E-state index is 13.4. The van der Waals surface area contributed by atoms with Gasteiger partial charge in [-0.1, -0.05) is 30.3 Å². The van der Waals surface area contributed by atoms with E-state index in [1.165, 1.54) is 7.11 Å². The first-order chi connectivity index (χ1) is 13.7. The van der Waals surface area contributed by atoms with Crippen LogP contribution >= 0.6 is 0 Å². The Morgan fingerprint density at radius 3 is 2.55 bits per heavy atom. The van der Waals surface area contributed by atoms with Crippen LogP contribution < -0.4 is 5.32 Å². The van der Waals surface area contributed by atoms with Gasteiger partial charge in [0, 0.05) is 6.54 Å². The van der Waals surface area contributed by atoms with Crippen LogP contribution in [0.2, 0.25) is 0 Å². The average molecular weight is 402 g/mol. The van der Waals surface area contributed by atoms with Crippen molar-refractivity contribution in [3.05, 3.63) is 35.9 Å². The number of carbonyl (C=O) groups is 3. The van der Waals surface area contributed by atoms with Gasteiger partial charge in [0.1, 0.15) is 5.60 Å². The molecule has 3 atom stereocenters. The number of nitrogens with zero attached hydrogens (tertiary/aromatic N) is 1. The van der Waals surface area contributed by atoms with Crippen molar-refractivity contribution in [3.8, 4) is 0 Å². The molecule has 2 aliphatic rings. The van der Waals surface area contributed by atoms with E-state index in [9.17, 15) is 14.4 Å². The highest BCUT2D eigenvalue weighted by Gasteiger charge is 2.59. The van der Waals surface area contributed by atoms with E-state index in [1.54, 1.807) is 25.7 Å². The summed E-state index contributed by atoms with van der Waals surface area (Å²) in [4.78, 5) is 40.3. The van der Waals surface area contributed by atoms with Crippen molar-refractivity contribution in [2.24, 2.45) is 5.41 Å². The van der Waals surface area contributed by atoms with E-state index in [4.69, 9.17) is 9.47 Å². The molecule has 0 bridgehead atoms. The van der Waals surface area contributed by atoms with Crippen LogP contribution in [0.25, 0.3) is 0 Å². The zero-order valence-corrected chi connectivity index (χ0v) is 17.6. The van der Waals surface area contributed by atoms with Gasteiger partial charge in [-0.15, -0.1) is 0 Å². The van der Waals surface area contributed by atoms with Crippen LogP contribution in [0.5, 0.6) is 0 Å². The Balaban J connectivity index is 1.85. The summed E-state index contributed by atoms with van der Waals surface area (Å²) >= 11 is 0. The molecule has 3 rings (SSSR count). The van der Waals surface area contributed by atoms with E-state index in [-0.39, 0.29) is 24.4 Å². The van der Waals surface area contributed by atoms with E-state index >= 15 is 0 Å². The molecule has 0 saturated carbocycles. The van der Waals surface area contributed by atoms with Crippen LogP contribution in [0, 0.1) is 5.41 Å². The predicted octanol–water partition coefficient (Wildman–Crippen LogP) is 2.68. The van der Waals surface area contributed by atoms with Gasteiger partial charge in [-0.05, 0) is 52.0 Å². The second-order valence-electron chi connectivity index (χ2n) is 8.90. The molecule has 1 aromatic rings. The van der Waals surface area contributed by atoms with Gasteiger partial charge >= 0.3 is 12.1 Å². The Labute approximate surface area is 171 Å². The van der Waals surface area contributed by atoms with Gasteiger partial charge in [0.25, 0.3) is 0 Å². The minimum absolute atomic E-state index is 0.214. The number of amides is 2. The third kappa shape index (κ3) is 4.38. The molecule has 158 valence electrons. The lowest BCUT2D eigenvalue weighted by Crippen LogP contribution is -2.54. The van der Waals surface area contributed by atoms with Crippen LogP contribution in [0.4, 0.5) is 4.79 Å². The molecule has 29 heavy (non-hydrogen) atoms. The number of methoxy groups -OCH3 is 1. The molecular formula is C22H30N2O5. The van der Waals surface area contributed by atoms with Crippen molar-refractivity contribution in [2.45, 2.75) is 64.1 Å². The average Bonchev–Trinajstić information content (AvgIpc) is 2.94. The Morgan fingerprint density at radius 2 is 1.93 bits per heavy atom. The zero-order valence-electron chi connectivity index (χ0n) is 17.6. The quantitative estimate of drug-likeness (QED) is 0.618. The summed E-state index contributed by atoms with van der Waals surface area (Å²) in [6.07, 6.45) is 1.58. The molecule has 1 aromatic carbocycles. The monoisotopic (exact) mass is 402 g/mol. The molecule has 0 unspecified atom stereocenters. The van der Waals surface area contributed by atoms with Crippen molar-refractivity contribution in [3.63, 3.8) is 0 Å².